The lowest BCUT2D eigenvalue weighted by Crippen LogP contribution is -2.24. The minimum Gasteiger partial charge on any atom is -0.491 e. The molecule has 1 fully saturated rings. The largest absolute Gasteiger partial charge is 0.491 e. The topological polar surface area (TPSA) is 47.4 Å². The van der Waals surface area contributed by atoms with Crippen molar-refractivity contribution in [1.29, 1.82) is 0 Å². The van der Waals surface area contributed by atoms with E-state index in [2.05, 4.69) is 65.5 Å². The zero-order chi connectivity index (χ0) is 24.5. The number of amides is 1. The number of anilines is 1. The van der Waals surface area contributed by atoms with E-state index in [4.69, 9.17) is 9.72 Å². The smallest absolute Gasteiger partial charge is 0.227 e. The van der Waals surface area contributed by atoms with Gasteiger partial charge in [-0.3, -0.25) is 4.79 Å². The Balaban J connectivity index is 1.41. The molecule has 1 aliphatic rings. The first kappa shape index (κ1) is 23.6. The predicted molar refractivity (Wildman–Crippen MR) is 144 cm³/mol. The summed E-state index contributed by atoms with van der Waals surface area (Å²) >= 11 is 3.52. The number of fused-ring (bicyclic) bond motifs is 1. The minimum absolute atomic E-state index is 0.0269. The number of para-hydroxylation sites is 2. The third-order valence-corrected chi connectivity index (χ3v) is 7.15. The van der Waals surface area contributed by atoms with Crippen LogP contribution in [-0.2, 0) is 11.3 Å². The Hall–Kier alpha value is -3.12. The summed E-state index contributed by atoms with van der Waals surface area (Å²) < 4.78 is 9.52. The maximum atomic E-state index is 13.0. The van der Waals surface area contributed by atoms with Gasteiger partial charge in [0, 0.05) is 29.0 Å². The van der Waals surface area contributed by atoms with Gasteiger partial charge in [0.05, 0.1) is 17.6 Å². The summed E-state index contributed by atoms with van der Waals surface area (Å²) in [4.78, 5) is 19.8. The summed E-state index contributed by atoms with van der Waals surface area (Å²) in [7, 11) is 0. The second kappa shape index (κ2) is 9.86. The second-order valence-electron chi connectivity index (χ2n) is 9.54. The molecule has 0 N–H and O–H groups in total. The van der Waals surface area contributed by atoms with Crippen LogP contribution in [0, 0.1) is 6.92 Å². The van der Waals surface area contributed by atoms with E-state index >= 15 is 0 Å². The van der Waals surface area contributed by atoms with Gasteiger partial charge in [0.2, 0.25) is 5.91 Å². The van der Waals surface area contributed by atoms with E-state index in [1.807, 2.05) is 47.4 Å². The van der Waals surface area contributed by atoms with Gasteiger partial charge in [0.1, 0.15) is 18.2 Å². The zero-order valence-corrected chi connectivity index (χ0v) is 22.0. The van der Waals surface area contributed by atoms with Crippen LogP contribution in [0.25, 0.3) is 11.0 Å². The predicted octanol–water partition coefficient (Wildman–Crippen LogP) is 6.83. The molecule has 2 heterocycles. The van der Waals surface area contributed by atoms with E-state index < -0.39 is 0 Å². The van der Waals surface area contributed by atoms with Gasteiger partial charge >= 0.3 is 0 Å². The van der Waals surface area contributed by atoms with E-state index in [0.717, 1.165) is 32.8 Å². The van der Waals surface area contributed by atoms with Crippen molar-refractivity contribution >= 4 is 38.6 Å². The Morgan fingerprint density at radius 2 is 1.91 bits per heavy atom. The summed E-state index contributed by atoms with van der Waals surface area (Å²) in [5.74, 6) is 2.45. The van der Waals surface area contributed by atoms with Crippen molar-refractivity contribution < 1.29 is 9.53 Å². The molecule has 35 heavy (non-hydrogen) atoms. The number of imidazole rings is 1. The highest BCUT2D eigenvalue weighted by atomic mass is 79.9. The normalized spacial score (nSPS) is 16.0. The van der Waals surface area contributed by atoms with Crippen molar-refractivity contribution in [2.24, 2.45) is 0 Å². The SMILES string of the molecule is Cc1ccc(C(C)C)c(OCCn2c(C3CC(=O)N(c4cccc(Br)c4)C3)nc3ccccc32)c1. The number of nitrogens with zero attached hydrogens (tertiary/aromatic N) is 3. The molecule has 0 saturated carbocycles. The first-order valence-electron chi connectivity index (χ1n) is 12.1. The summed E-state index contributed by atoms with van der Waals surface area (Å²) in [5.41, 5.74) is 5.35. The van der Waals surface area contributed by atoms with Crippen LogP contribution >= 0.6 is 15.9 Å². The summed E-state index contributed by atoms with van der Waals surface area (Å²) in [6.45, 7) is 8.29. The molecule has 3 aromatic carbocycles. The molecule has 180 valence electrons. The number of hydrogen-bond donors (Lipinski definition) is 0. The first-order valence-corrected chi connectivity index (χ1v) is 12.9. The summed E-state index contributed by atoms with van der Waals surface area (Å²) in [5, 5.41) is 0. The standard InChI is InChI=1S/C29H30BrN3O2/c1-19(2)24-12-11-20(3)15-27(24)35-14-13-32-26-10-5-4-9-25(26)31-29(32)21-16-28(34)33(18-21)23-8-6-7-22(30)17-23/h4-12,15,17,19,21H,13-14,16,18H2,1-3H3. The molecule has 0 aliphatic carbocycles. The van der Waals surface area contributed by atoms with Gasteiger partial charge in [0.15, 0.2) is 0 Å². The quantitative estimate of drug-likeness (QED) is 0.262. The van der Waals surface area contributed by atoms with Crippen molar-refractivity contribution in [1.82, 2.24) is 9.55 Å². The van der Waals surface area contributed by atoms with Crippen LogP contribution < -0.4 is 9.64 Å². The molecular weight excluding hydrogens is 502 g/mol. The Morgan fingerprint density at radius 3 is 2.71 bits per heavy atom. The molecule has 1 saturated heterocycles. The molecule has 1 unspecified atom stereocenters. The van der Waals surface area contributed by atoms with Crippen molar-refractivity contribution in [2.75, 3.05) is 18.1 Å². The van der Waals surface area contributed by atoms with Crippen LogP contribution in [0.1, 0.15) is 49.1 Å². The molecule has 1 amide bonds. The highest BCUT2D eigenvalue weighted by Gasteiger charge is 2.35. The molecule has 5 nitrogen and oxygen atoms in total. The maximum Gasteiger partial charge on any atom is 0.227 e. The van der Waals surface area contributed by atoms with Gasteiger partial charge < -0.3 is 14.2 Å². The molecule has 0 radical (unpaired) electrons. The van der Waals surface area contributed by atoms with Gasteiger partial charge in [-0.25, -0.2) is 4.98 Å². The molecule has 0 bridgehead atoms. The molecule has 5 rings (SSSR count). The lowest BCUT2D eigenvalue weighted by atomic mass is 10.0. The van der Waals surface area contributed by atoms with Gasteiger partial charge in [-0.2, -0.15) is 0 Å². The van der Waals surface area contributed by atoms with Gasteiger partial charge in [0.25, 0.3) is 0 Å². The highest BCUT2D eigenvalue weighted by Crippen LogP contribution is 2.34. The van der Waals surface area contributed by atoms with E-state index in [0.29, 0.717) is 32.0 Å². The van der Waals surface area contributed by atoms with Crippen molar-refractivity contribution in [3.8, 4) is 5.75 Å². The van der Waals surface area contributed by atoms with Crippen LogP contribution in [-0.4, -0.2) is 28.6 Å². The molecule has 4 aromatic rings. The molecule has 1 atom stereocenters. The maximum absolute atomic E-state index is 13.0. The zero-order valence-electron chi connectivity index (χ0n) is 20.4. The molecule has 1 aromatic heterocycles. The Bertz CT molecular complexity index is 1380. The number of benzene rings is 3. The van der Waals surface area contributed by atoms with E-state index in [1.54, 1.807) is 0 Å². The van der Waals surface area contributed by atoms with Crippen LogP contribution in [0.3, 0.4) is 0 Å². The van der Waals surface area contributed by atoms with E-state index in [-0.39, 0.29) is 11.8 Å². The Labute approximate surface area is 214 Å². The van der Waals surface area contributed by atoms with Crippen molar-refractivity contribution in [3.05, 3.63) is 88.2 Å². The fourth-order valence-electron chi connectivity index (χ4n) is 4.91. The molecule has 0 spiro atoms. The average molecular weight is 532 g/mol. The van der Waals surface area contributed by atoms with Crippen LogP contribution in [0.5, 0.6) is 5.75 Å². The average Bonchev–Trinajstić information content (AvgIpc) is 3.39. The number of carbonyl (C=O) groups excluding carboxylic acids is 1. The molecular formula is C29H30BrN3O2. The third kappa shape index (κ3) is 4.85. The molecule has 1 aliphatic heterocycles. The van der Waals surface area contributed by atoms with Crippen molar-refractivity contribution in [2.45, 2.75) is 45.6 Å². The van der Waals surface area contributed by atoms with Crippen LogP contribution in [0.4, 0.5) is 5.69 Å². The fourth-order valence-corrected chi connectivity index (χ4v) is 5.29. The summed E-state index contributed by atoms with van der Waals surface area (Å²) in [6.07, 6.45) is 0.450. The number of hydrogen-bond acceptors (Lipinski definition) is 3. The number of carbonyl (C=O) groups is 1. The van der Waals surface area contributed by atoms with Gasteiger partial charge in [-0.1, -0.05) is 60.1 Å². The van der Waals surface area contributed by atoms with Gasteiger partial charge in [-0.15, -0.1) is 0 Å². The third-order valence-electron chi connectivity index (χ3n) is 6.66. The number of aromatic nitrogens is 2. The Kier molecular flexibility index (Phi) is 6.65. The minimum atomic E-state index is 0.0269. The number of ether oxygens (including phenoxy) is 1. The van der Waals surface area contributed by atoms with Gasteiger partial charge in [-0.05, 0) is 60.4 Å². The number of aryl methyl sites for hydroxylation is 1. The van der Waals surface area contributed by atoms with Crippen LogP contribution in [0.2, 0.25) is 0 Å². The molecule has 6 heteroatoms. The van der Waals surface area contributed by atoms with E-state index in [9.17, 15) is 4.79 Å². The Morgan fingerprint density at radius 1 is 1.09 bits per heavy atom. The first-order chi connectivity index (χ1) is 16.9. The van der Waals surface area contributed by atoms with Crippen molar-refractivity contribution in [3.63, 3.8) is 0 Å². The van der Waals surface area contributed by atoms with E-state index in [1.165, 1.54) is 11.1 Å². The fraction of sp³-hybridized carbons (Fsp3) is 0.310. The number of halogens is 1. The summed E-state index contributed by atoms with van der Waals surface area (Å²) in [6, 6.07) is 22.5. The number of rotatable bonds is 7. The monoisotopic (exact) mass is 531 g/mol. The highest BCUT2D eigenvalue weighted by molar-refractivity contribution is 9.10. The lowest BCUT2D eigenvalue weighted by Gasteiger charge is -2.18. The second-order valence-corrected chi connectivity index (χ2v) is 10.5. The van der Waals surface area contributed by atoms with Crippen LogP contribution in [0.15, 0.2) is 71.2 Å². The lowest BCUT2D eigenvalue weighted by molar-refractivity contribution is -0.117.